The van der Waals surface area contributed by atoms with Crippen molar-refractivity contribution in [1.82, 2.24) is 5.32 Å². The van der Waals surface area contributed by atoms with Gasteiger partial charge < -0.3 is 14.5 Å². The van der Waals surface area contributed by atoms with E-state index in [0.717, 1.165) is 29.0 Å². The number of benzene rings is 1. The molecule has 1 aromatic heterocycles. The molecule has 1 heterocycles. The summed E-state index contributed by atoms with van der Waals surface area (Å²) in [4.78, 5) is 0. The first-order chi connectivity index (χ1) is 8.26. The molecule has 2 rings (SSSR count). The Morgan fingerprint density at radius 1 is 1.53 bits per heavy atom. The minimum Gasteiger partial charge on any atom is -0.493 e. The molecule has 1 atom stereocenters. The molecule has 0 aliphatic rings. The third-order valence-corrected chi connectivity index (χ3v) is 2.74. The van der Waals surface area contributed by atoms with E-state index in [1.54, 1.807) is 7.11 Å². The normalized spacial score (nSPS) is 12.6. The molecular formula is C14H17NO2. The van der Waals surface area contributed by atoms with Crippen LogP contribution >= 0.6 is 0 Å². The molecule has 0 saturated carbocycles. The molecule has 90 valence electrons. The maximum Gasteiger partial charge on any atom is 0.176 e. The number of hydrogen-bond donors (Lipinski definition) is 1. The third-order valence-electron chi connectivity index (χ3n) is 2.74. The highest BCUT2D eigenvalue weighted by molar-refractivity contribution is 5.83. The van der Waals surface area contributed by atoms with Gasteiger partial charge in [0.25, 0.3) is 0 Å². The van der Waals surface area contributed by atoms with Gasteiger partial charge in [-0.25, -0.2) is 0 Å². The van der Waals surface area contributed by atoms with Gasteiger partial charge in [-0.2, -0.15) is 0 Å². The molecule has 0 saturated heterocycles. The van der Waals surface area contributed by atoms with Crippen LogP contribution in [0, 0.1) is 0 Å². The average Bonchev–Trinajstić information content (AvgIpc) is 2.79. The summed E-state index contributed by atoms with van der Waals surface area (Å²) in [6.07, 6.45) is 1.83. The van der Waals surface area contributed by atoms with E-state index in [0.29, 0.717) is 0 Å². The van der Waals surface area contributed by atoms with Crippen LogP contribution in [0.1, 0.15) is 18.7 Å². The first kappa shape index (κ1) is 11.7. The first-order valence-corrected chi connectivity index (χ1v) is 5.67. The summed E-state index contributed by atoms with van der Waals surface area (Å²) in [6.45, 7) is 6.51. The zero-order valence-corrected chi connectivity index (χ0v) is 10.2. The average molecular weight is 231 g/mol. The van der Waals surface area contributed by atoms with Crippen LogP contribution in [0.15, 0.2) is 41.3 Å². The number of para-hydroxylation sites is 1. The molecule has 17 heavy (non-hydrogen) atoms. The summed E-state index contributed by atoms with van der Waals surface area (Å²) in [6, 6.07) is 8.08. The van der Waals surface area contributed by atoms with Gasteiger partial charge >= 0.3 is 0 Å². The molecular weight excluding hydrogens is 214 g/mol. The van der Waals surface area contributed by atoms with Gasteiger partial charge in [0.2, 0.25) is 0 Å². The molecule has 1 aromatic carbocycles. The van der Waals surface area contributed by atoms with E-state index in [1.807, 2.05) is 30.3 Å². The van der Waals surface area contributed by atoms with E-state index >= 15 is 0 Å². The number of rotatable bonds is 5. The molecule has 0 bridgehead atoms. The van der Waals surface area contributed by atoms with E-state index in [-0.39, 0.29) is 6.04 Å². The Labute approximate surface area is 101 Å². The number of furan rings is 1. The van der Waals surface area contributed by atoms with Crippen LogP contribution in [-0.4, -0.2) is 13.7 Å². The van der Waals surface area contributed by atoms with Crippen LogP contribution in [0.25, 0.3) is 11.0 Å². The number of methoxy groups -OCH3 is 1. The second-order valence-corrected chi connectivity index (χ2v) is 3.95. The van der Waals surface area contributed by atoms with Crippen LogP contribution in [-0.2, 0) is 0 Å². The standard InChI is InChI=1S/C14H17NO2/c1-4-8-15-10(2)13-9-11-6-5-7-12(16-3)14(11)17-13/h4-7,9-10,15H,1,8H2,2-3H3. The fourth-order valence-corrected chi connectivity index (χ4v) is 1.79. The van der Waals surface area contributed by atoms with Gasteiger partial charge in [-0.1, -0.05) is 18.2 Å². The van der Waals surface area contributed by atoms with Gasteiger partial charge in [0.1, 0.15) is 5.76 Å². The maximum atomic E-state index is 5.83. The lowest BCUT2D eigenvalue weighted by atomic mass is 10.2. The Morgan fingerprint density at radius 3 is 3.06 bits per heavy atom. The van der Waals surface area contributed by atoms with Crippen molar-refractivity contribution in [2.75, 3.05) is 13.7 Å². The Bertz CT molecular complexity index is 516. The molecule has 1 unspecified atom stereocenters. The van der Waals surface area contributed by atoms with E-state index in [1.165, 1.54) is 0 Å². The zero-order valence-electron chi connectivity index (χ0n) is 10.2. The van der Waals surface area contributed by atoms with Crippen LogP contribution in [0.4, 0.5) is 0 Å². The zero-order chi connectivity index (χ0) is 12.3. The highest BCUT2D eigenvalue weighted by Crippen LogP contribution is 2.30. The molecule has 0 aliphatic carbocycles. The SMILES string of the molecule is C=CCNC(C)c1cc2cccc(OC)c2o1. The fourth-order valence-electron chi connectivity index (χ4n) is 1.79. The minimum absolute atomic E-state index is 0.158. The largest absolute Gasteiger partial charge is 0.493 e. The van der Waals surface area contributed by atoms with Crippen molar-refractivity contribution in [3.8, 4) is 5.75 Å². The van der Waals surface area contributed by atoms with Crippen LogP contribution in [0.5, 0.6) is 5.75 Å². The summed E-state index contributed by atoms with van der Waals surface area (Å²) in [5.74, 6) is 1.68. The quantitative estimate of drug-likeness (QED) is 0.802. The summed E-state index contributed by atoms with van der Waals surface area (Å²) in [5.41, 5.74) is 0.803. The fraction of sp³-hybridized carbons (Fsp3) is 0.286. The molecule has 0 radical (unpaired) electrons. The van der Waals surface area contributed by atoms with Crippen molar-refractivity contribution in [2.45, 2.75) is 13.0 Å². The number of hydrogen-bond acceptors (Lipinski definition) is 3. The van der Waals surface area contributed by atoms with Crippen LogP contribution in [0.2, 0.25) is 0 Å². The Balaban J connectivity index is 2.33. The van der Waals surface area contributed by atoms with E-state index in [2.05, 4.69) is 18.8 Å². The second-order valence-electron chi connectivity index (χ2n) is 3.95. The van der Waals surface area contributed by atoms with Crippen molar-refractivity contribution >= 4 is 11.0 Å². The molecule has 3 heteroatoms. The van der Waals surface area contributed by atoms with E-state index in [4.69, 9.17) is 9.15 Å². The maximum absolute atomic E-state index is 5.83. The molecule has 2 aromatic rings. The molecule has 0 amide bonds. The Hall–Kier alpha value is -1.74. The Kier molecular flexibility index (Phi) is 3.49. The van der Waals surface area contributed by atoms with Crippen molar-refractivity contribution in [3.05, 3.63) is 42.7 Å². The predicted octanol–water partition coefficient (Wildman–Crippen LogP) is 3.28. The smallest absolute Gasteiger partial charge is 0.176 e. The summed E-state index contributed by atoms with van der Waals surface area (Å²) >= 11 is 0. The molecule has 0 spiro atoms. The first-order valence-electron chi connectivity index (χ1n) is 5.67. The topological polar surface area (TPSA) is 34.4 Å². The van der Waals surface area contributed by atoms with Crippen molar-refractivity contribution in [3.63, 3.8) is 0 Å². The number of ether oxygens (including phenoxy) is 1. The number of fused-ring (bicyclic) bond motifs is 1. The molecule has 0 fully saturated rings. The van der Waals surface area contributed by atoms with Gasteiger partial charge in [0.05, 0.1) is 13.2 Å². The summed E-state index contributed by atoms with van der Waals surface area (Å²) in [5, 5.41) is 4.36. The highest BCUT2D eigenvalue weighted by Gasteiger charge is 2.12. The molecule has 3 nitrogen and oxygen atoms in total. The minimum atomic E-state index is 0.158. The lowest BCUT2D eigenvalue weighted by Crippen LogP contribution is -2.17. The monoisotopic (exact) mass is 231 g/mol. The third kappa shape index (κ3) is 2.34. The second kappa shape index (κ2) is 5.06. The van der Waals surface area contributed by atoms with Crippen molar-refractivity contribution < 1.29 is 9.15 Å². The van der Waals surface area contributed by atoms with Crippen LogP contribution < -0.4 is 10.1 Å². The van der Waals surface area contributed by atoms with Gasteiger partial charge in [-0.15, -0.1) is 6.58 Å². The van der Waals surface area contributed by atoms with E-state index in [9.17, 15) is 0 Å². The lowest BCUT2D eigenvalue weighted by molar-refractivity contribution is 0.401. The van der Waals surface area contributed by atoms with Crippen molar-refractivity contribution in [1.29, 1.82) is 0 Å². The van der Waals surface area contributed by atoms with Gasteiger partial charge in [-0.3, -0.25) is 0 Å². The molecule has 1 N–H and O–H groups in total. The van der Waals surface area contributed by atoms with Gasteiger partial charge in [0.15, 0.2) is 11.3 Å². The lowest BCUT2D eigenvalue weighted by Gasteiger charge is -2.08. The van der Waals surface area contributed by atoms with Crippen LogP contribution in [0.3, 0.4) is 0 Å². The Morgan fingerprint density at radius 2 is 2.35 bits per heavy atom. The summed E-state index contributed by atoms with van der Waals surface area (Å²) in [7, 11) is 1.65. The van der Waals surface area contributed by atoms with E-state index < -0.39 is 0 Å². The predicted molar refractivity (Wildman–Crippen MR) is 69.4 cm³/mol. The number of nitrogens with one attached hydrogen (secondary N) is 1. The van der Waals surface area contributed by atoms with Crippen molar-refractivity contribution in [2.24, 2.45) is 0 Å². The molecule has 0 aliphatic heterocycles. The van der Waals surface area contributed by atoms with Gasteiger partial charge in [0, 0.05) is 11.9 Å². The highest BCUT2D eigenvalue weighted by atomic mass is 16.5. The summed E-state index contributed by atoms with van der Waals surface area (Å²) < 4.78 is 11.1. The van der Waals surface area contributed by atoms with Gasteiger partial charge in [-0.05, 0) is 19.1 Å².